The first-order chi connectivity index (χ1) is 6.63. The van der Waals surface area contributed by atoms with E-state index in [-0.39, 0.29) is 11.5 Å². The zero-order valence-electron chi connectivity index (χ0n) is 7.24. The number of hydrogen-bond donors (Lipinski definition) is 3. The van der Waals surface area contributed by atoms with E-state index < -0.39 is 0 Å². The van der Waals surface area contributed by atoms with Crippen LogP contribution in [0.5, 0.6) is 11.5 Å². The van der Waals surface area contributed by atoms with E-state index in [1.54, 1.807) is 0 Å². The summed E-state index contributed by atoms with van der Waals surface area (Å²) in [6.45, 7) is 0.306. The van der Waals surface area contributed by atoms with Crippen molar-refractivity contribution in [3.63, 3.8) is 0 Å². The van der Waals surface area contributed by atoms with Crippen LogP contribution in [0.15, 0.2) is 23.9 Å². The molecular weight excluding hydrogens is 227 g/mol. The van der Waals surface area contributed by atoms with Gasteiger partial charge in [-0.25, -0.2) is 0 Å². The van der Waals surface area contributed by atoms with Gasteiger partial charge in [0.05, 0.1) is 0 Å². The molecule has 1 aromatic rings. The van der Waals surface area contributed by atoms with Gasteiger partial charge in [0.15, 0.2) is 0 Å². The zero-order chi connectivity index (χ0) is 10.6. The molecule has 1 rings (SSSR count). The second-order valence-corrected chi connectivity index (χ2v) is 3.08. The van der Waals surface area contributed by atoms with Crippen molar-refractivity contribution < 1.29 is 26.2 Å². The summed E-state index contributed by atoms with van der Waals surface area (Å²) in [6, 6.07) is 4.22. The minimum atomic E-state index is -0.0479. The van der Waals surface area contributed by atoms with Crippen molar-refractivity contribution in [1.29, 1.82) is 0 Å². The van der Waals surface area contributed by atoms with Crippen molar-refractivity contribution in [1.82, 2.24) is 10.1 Å². The molecule has 77 valence electrons. The molecule has 0 unspecified atom stereocenters. The van der Waals surface area contributed by atoms with Crippen molar-refractivity contribution in [2.45, 2.75) is 0 Å². The third kappa shape index (κ3) is 2.95. The third-order valence-electron chi connectivity index (χ3n) is 1.59. The van der Waals surface area contributed by atoms with Crippen molar-refractivity contribution >= 4 is 6.08 Å². The number of phenolic OH excluding ortho intramolecular Hbond substituents is 2. The van der Waals surface area contributed by atoms with E-state index in [2.05, 4.69) is 20.3 Å². The van der Waals surface area contributed by atoms with Crippen molar-refractivity contribution in [3.8, 4) is 11.5 Å². The Balaban J connectivity index is 2.91. The molecule has 0 amide bonds. The van der Waals surface area contributed by atoms with Crippen LogP contribution < -0.4 is 10.1 Å². The topological polar surface area (TPSA) is 76.3 Å². The van der Waals surface area contributed by atoms with E-state index in [1.165, 1.54) is 24.3 Å². The van der Waals surface area contributed by atoms with Gasteiger partial charge < -0.3 is 0 Å². The fourth-order valence-corrected chi connectivity index (χ4v) is 1.15. The summed E-state index contributed by atoms with van der Waals surface area (Å²) < 4.78 is 2.52. The summed E-state index contributed by atoms with van der Waals surface area (Å²) in [5.74, 6) is -0.0496. The van der Waals surface area contributed by atoms with Crippen molar-refractivity contribution in [3.05, 3.63) is 29.5 Å². The molecule has 0 aliphatic rings. The summed E-state index contributed by atoms with van der Waals surface area (Å²) >= 11 is 3.80. The second-order valence-electron chi connectivity index (χ2n) is 2.71. The predicted octanol–water partition coefficient (Wildman–Crippen LogP) is 0.773. The summed E-state index contributed by atoms with van der Waals surface area (Å²) in [4.78, 5) is 0. The van der Waals surface area contributed by atoms with Gasteiger partial charge >= 0.3 is 89.8 Å². The van der Waals surface area contributed by atoms with Crippen LogP contribution >= 0.6 is 0 Å². The molecule has 14 heavy (non-hydrogen) atoms. The number of benzene rings is 1. The van der Waals surface area contributed by atoms with E-state index in [0.29, 0.717) is 17.8 Å². The number of phenols is 2. The number of aromatic hydroxyl groups is 2. The van der Waals surface area contributed by atoms with Crippen LogP contribution in [0.2, 0.25) is 0 Å². The Hall–Kier alpha value is -1.17. The van der Waals surface area contributed by atoms with Crippen LogP contribution in [-0.4, -0.2) is 16.8 Å². The Morgan fingerprint density at radius 3 is 2.79 bits per heavy atom. The van der Waals surface area contributed by atoms with Crippen LogP contribution in [0.3, 0.4) is 0 Å². The van der Waals surface area contributed by atoms with Gasteiger partial charge in [0.1, 0.15) is 0 Å². The van der Waals surface area contributed by atoms with E-state index in [9.17, 15) is 5.11 Å². The predicted molar refractivity (Wildman–Crippen MR) is 48.8 cm³/mol. The molecule has 0 aliphatic carbocycles. The molecule has 1 aromatic carbocycles. The first kappa shape index (κ1) is 10.9. The average molecular weight is 237 g/mol. The molecule has 4 N–H and O–H groups in total. The molecule has 0 fully saturated rings. The molecule has 0 saturated heterocycles. The average Bonchev–Trinajstić information content (AvgIpc) is 2.10. The van der Waals surface area contributed by atoms with Crippen molar-refractivity contribution in [2.24, 2.45) is 0 Å². The molecule has 0 spiro atoms. The molecule has 0 aliphatic heterocycles. The Morgan fingerprint density at radius 2 is 2.21 bits per heavy atom. The molecule has 0 atom stereocenters. The molecule has 0 heterocycles. The van der Waals surface area contributed by atoms with Gasteiger partial charge in [0, 0.05) is 0 Å². The van der Waals surface area contributed by atoms with Gasteiger partial charge in [-0.05, 0) is 0 Å². The number of hydrogen-bond acceptors (Lipinski definition) is 3. The second kappa shape index (κ2) is 4.90. The SMILES string of the molecule is [NH]C(=Cc1ccc(O)cc1O)C[NH][Co]. The van der Waals surface area contributed by atoms with E-state index in [4.69, 9.17) is 10.8 Å². The summed E-state index contributed by atoms with van der Waals surface area (Å²) in [5.41, 5.74) is 8.22. The molecule has 1 radical (unpaired) electrons. The molecular formula is C9H10CoN2O2. The van der Waals surface area contributed by atoms with Gasteiger partial charge in [-0.1, -0.05) is 0 Å². The maximum atomic E-state index is 9.38. The Bertz CT molecular complexity index is 353. The van der Waals surface area contributed by atoms with Crippen LogP contribution in [0.4, 0.5) is 0 Å². The normalized spacial score (nSPS) is 11.7. The zero-order valence-corrected chi connectivity index (χ0v) is 8.29. The van der Waals surface area contributed by atoms with Gasteiger partial charge in [-0.15, -0.1) is 0 Å². The number of rotatable bonds is 3. The molecule has 5 heteroatoms. The standard InChI is InChI=1S/C9H10N2O2.Co/c10-5-7(11)3-6-1-2-8(12)4-9(6)13;/h1-4,10-13H,5H2;/q-1;+1. The van der Waals surface area contributed by atoms with Gasteiger partial charge in [-0.2, -0.15) is 0 Å². The molecule has 0 aromatic heterocycles. The maximum absolute atomic E-state index is 9.38. The fourth-order valence-electron chi connectivity index (χ4n) is 0.956. The number of nitrogens with one attached hydrogen (secondary N) is 2. The van der Waals surface area contributed by atoms with Crippen molar-refractivity contribution in [2.75, 3.05) is 6.54 Å². The third-order valence-corrected chi connectivity index (χ3v) is 1.78. The molecule has 0 saturated carbocycles. The van der Waals surface area contributed by atoms with E-state index >= 15 is 0 Å². The van der Waals surface area contributed by atoms with Crippen LogP contribution in [-0.2, 0) is 16.0 Å². The first-order valence-electron chi connectivity index (χ1n) is 3.89. The summed E-state index contributed by atoms with van der Waals surface area (Å²) in [6.07, 6.45) is 1.50. The monoisotopic (exact) mass is 237 g/mol. The summed E-state index contributed by atoms with van der Waals surface area (Å²) in [7, 11) is 0. The Kier molecular flexibility index (Phi) is 3.81. The molecule has 0 bridgehead atoms. The fraction of sp³-hybridized carbons (Fsp3) is 0.111. The van der Waals surface area contributed by atoms with Gasteiger partial charge in [-0.3, -0.25) is 0 Å². The van der Waals surface area contributed by atoms with E-state index in [0.717, 1.165) is 0 Å². The quantitative estimate of drug-likeness (QED) is 0.726. The Labute approximate surface area is 90.2 Å². The molecule has 4 nitrogen and oxygen atoms in total. The minimum absolute atomic E-state index is 0.00173. The van der Waals surface area contributed by atoms with Crippen LogP contribution in [0, 0.1) is 0 Å². The van der Waals surface area contributed by atoms with E-state index in [1.807, 2.05) is 0 Å². The summed E-state index contributed by atoms with van der Waals surface area (Å²) in [5, 5.41) is 18.4. The van der Waals surface area contributed by atoms with Gasteiger partial charge in [0.25, 0.3) is 0 Å². The Morgan fingerprint density at radius 1 is 1.50 bits per heavy atom. The van der Waals surface area contributed by atoms with Crippen LogP contribution in [0.25, 0.3) is 6.08 Å². The van der Waals surface area contributed by atoms with Crippen LogP contribution in [0.1, 0.15) is 5.56 Å². The first-order valence-corrected chi connectivity index (χ1v) is 4.41. The van der Waals surface area contributed by atoms with Gasteiger partial charge in [0.2, 0.25) is 0 Å².